The Morgan fingerprint density at radius 1 is 0.750 bits per heavy atom. The maximum Gasteiger partial charge on any atom is 0.266 e. The first-order valence-electron chi connectivity index (χ1n) is 13.4. The molecule has 4 aromatic carbocycles. The third-order valence-electron chi connectivity index (χ3n) is 7.23. The minimum Gasteiger partial charge on any atom is -0.490 e. The fourth-order valence-electron chi connectivity index (χ4n) is 5.41. The molecular formula is C33H30N2O5. The standard InChI is InChI=1S/C33H30N2O5/c1-3-38-28-20-24(17-18-27(28)39-21-23-12-6-4-7-13-23)30-29-31(40-35(30)25-14-8-5-9-15-25)33(37)34(32(29)36)26-16-10-11-22(2)19-26/h4-20,29-31H,3,21H2,1-2H3/t29-,30+,31+/m1/s1. The number of hydrogen-bond acceptors (Lipinski definition) is 6. The molecule has 2 heterocycles. The molecule has 2 fully saturated rings. The van der Waals surface area contributed by atoms with Gasteiger partial charge in [-0.15, -0.1) is 0 Å². The molecule has 2 saturated heterocycles. The van der Waals surface area contributed by atoms with Gasteiger partial charge in [-0.25, -0.2) is 9.96 Å². The molecule has 2 amide bonds. The third-order valence-corrected chi connectivity index (χ3v) is 7.23. The summed E-state index contributed by atoms with van der Waals surface area (Å²) in [5, 5.41) is 1.69. The van der Waals surface area contributed by atoms with Crippen LogP contribution in [0, 0.1) is 12.8 Å². The second-order valence-electron chi connectivity index (χ2n) is 9.92. The number of hydrogen-bond donors (Lipinski definition) is 0. The maximum absolute atomic E-state index is 13.9. The van der Waals surface area contributed by atoms with Crippen molar-refractivity contribution in [2.45, 2.75) is 32.6 Å². The Morgan fingerprint density at radius 3 is 2.20 bits per heavy atom. The van der Waals surface area contributed by atoms with Crippen LogP contribution in [0.1, 0.15) is 29.7 Å². The lowest BCUT2D eigenvalue weighted by Gasteiger charge is -2.29. The first kappa shape index (κ1) is 25.6. The van der Waals surface area contributed by atoms with Gasteiger partial charge in [0, 0.05) is 0 Å². The van der Waals surface area contributed by atoms with Gasteiger partial charge in [0.05, 0.1) is 24.0 Å². The van der Waals surface area contributed by atoms with Gasteiger partial charge in [-0.05, 0) is 66.9 Å². The quantitative estimate of drug-likeness (QED) is 0.258. The number of benzene rings is 4. The highest BCUT2D eigenvalue weighted by atomic mass is 16.7. The number of aryl methyl sites for hydroxylation is 1. The molecule has 3 atom stereocenters. The van der Waals surface area contributed by atoms with E-state index in [1.807, 2.05) is 111 Å². The van der Waals surface area contributed by atoms with E-state index in [1.165, 1.54) is 4.90 Å². The molecule has 7 nitrogen and oxygen atoms in total. The van der Waals surface area contributed by atoms with Crippen LogP contribution in [0.5, 0.6) is 11.5 Å². The molecule has 40 heavy (non-hydrogen) atoms. The number of fused-ring (bicyclic) bond motifs is 1. The molecule has 0 aromatic heterocycles. The topological polar surface area (TPSA) is 68.3 Å². The van der Waals surface area contributed by atoms with Crippen molar-refractivity contribution in [2.75, 3.05) is 16.6 Å². The number of nitrogens with zero attached hydrogens (tertiary/aromatic N) is 2. The number of imide groups is 1. The van der Waals surface area contributed by atoms with Crippen molar-refractivity contribution < 1.29 is 23.9 Å². The largest absolute Gasteiger partial charge is 0.490 e. The van der Waals surface area contributed by atoms with E-state index in [1.54, 1.807) is 11.1 Å². The summed E-state index contributed by atoms with van der Waals surface area (Å²) in [5.41, 5.74) is 4.11. The Kier molecular flexibility index (Phi) is 6.97. The molecule has 6 rings (SSSR count). The van der Waals surface area contributed by atoms with Crippen molar-refractivity contribution in [3.05, 3.63) is 120 Å². The summed E-state index contributed by atoms with van der Waals surface area (Å²) >= 11 is 0. The van der Waals surface area contributed by atoms with E-state index in [0.717, 1.165) is 22.4 Å². The number of rotatable bonds is 8. The summed E-state index contributed by atoms with van der Waals surface area (Å²) in [6.07, 6.45) is -0.942. The number of amides is 2. The van der Waals surface area contributed by atoms with Gasteiger partial charge in [0.1, 0.15) is 12.5 Å². The molecule has 0 radical (unpaired) electrons. The summed E-state index contributed by atoms with van der Waals surface area (Å²) in [6.45, 7) is 4.69. The lowest BCUT2D eigenvalue weighted by molar-refractivity contribution is -0.126. The number of para-hydroxylation sites is 1. The van der Waals surface area contributed by atoms with Crippen LogP contribution in [0.25, 0.3) is 0 Å². The number of anilines is 2. The van der Waals surface area contributed by atoms with Crippen molar-refractivity contribution >= 4 is 23.2 Å². The second kappa shape index (κ2) is 10.9. The van der Waals surface area contributed by atoms with Crippen molar-refractivity contribution in [3.8, 4) is 11.5 Å². The molecule has 7 heteroatoms. The summed E-state index contributed by atoms with van der Waals surface area (Å²) in [6, 6.07) is 32.0. The summed E-state index contributed by atoms with van der Waals surface area (Å²) < 4.78 is 12.1. The molecule has 2 aliphatic rings. The van der Waals surface area contributed by atoms with Gasteiger partial charge in [0.15, 0.2) is 17.6 Å². The molecule has 4 aromatic rings. The molecule has 0 saturated carbocycles. The summed E-state index contributed by atoms with van der Waals surface area (Å²) in [4.78, 5) is 35.1. The van der Waals surface area contributed by atoms with Gasteiger partial charge >= 0.3 is 0 Å². The normalized spacial score (nSPS) is 20.1. The maximum atomic E-state index is 13.9. The Morgan fingerprint density at radius 2 is 1.48 bits per heavy atom. The van der Waals surface area contributed by atoms with E-state index in [9.17, 15) is 9.59 Å². The van der Waals surface area contributed by atoms with E-state index >= 15 is 0 Å². The third kappa shape index (κ3) is 4.69. The van der Waals surface area contributed by atoms with Crippen LogP contribution in [0.3, 0.4) is 0 Å². The summed E-state index contributed by atoms with van der Waals surface area (Å²) in [7, 11) is 0. The van der Waals surface area contributed by atoms with Crippen LogP contribution < -0.4 is 19.4 Å². The monoisotopic (exact) mass is 534 g/mol. The number of hydroxylamine groups is 1. The highest BCUT2D eigenvalue weighted by Gasteiger charge is 2.60. The lowest BCUT2D eigenvalue weighted by atomic mass is 9.90. The predicted molar refractivity (Wildman–Crippen MR) is 152 cm³/mol. The zero-order valence-electron chi connectivity index (χ0n) is 22.4. The van der Waals surface area contributed by atoms with Crippen LogP contribution >= 0.6 is 0 Å². The van der Waals surface area contributed by atoms with E-state index in [4.69, 9.17) is 14.3 Å². The van der Waals surface area contributed by atoms with Gasteiger partial charge in [-0.3, -0.25) is 14.4 Å². The van der Waals surface area contributed by atoms with Gasteiger partial charge in [0.25, 0.3) is 5.91 Å². The second-order valence-corrected chi connectivity index (χ2v) is 9.92. The van der Waals surface area contributed by atoms with E-state index in [-0.39, 0.29) is 11.8 Å². The smallest absolute Gasteiger partial charge is 0.266 e. The van der Waals surface area contributed by atoms with E-state index < -0.39 is 18.1 Å². The van der Waals surface area contributed by atoms with Gasteiger partial charge in [-0.1, -0.05) is 66.7 Å². The molecule has 0 spiro atoms. The fourth-order valence-corrected chi connectivity index (χ4v) is 5.41. The Balaban J connectivity index is 1.38. The van der Waals surface area contributed by atoms with Crippen LogP contribution in [-0.4, -0.2) is 24.5 Å². The van der Waals surface area contributed by atoms with E-state index in [0.29, 0.717) is 30.4 Å². The van der Waals surface area contributed by atoms with Gasteiger partial charge < -0.3 is 9.47 Å². The van der Waals surface area contributed by atoms with Crippen molar-refractivity contribution in [3.63, 3.8) is 0 Å². The highest BCUT2D eigenvalue weighted by molar-refractivity contribution is 6.24. The zero-order valence-corrected chi connectivity index (χ0v) is 22.4. The average Bonchev–Trinajstić information content (AvgIpc) is 3.49. The number of ether oxygens (including phenoxy) is 2. The first-order valence-corrected chi connectivity index (χ1v) is 13.4. The number of carbonyl (C=O) groups excluding carboxylic acids is 2. The first-order chi connectivity index (χ1) is 19.5. The van der Waals surface area contributed by atoms with Gasteiger partial charge in [-0.2, -0.15) is 0 Å². The molecule has 0 bridgehead atoms. The predicted octanol–water partition coefficient (Wildman–Crippen LogP) is 6.02. The Hall–Kier alpha value is -4.62. The average molecular weight is 535 g/mol. The minimum absolute atomic E-state index is 0.286. The number of carbonyl (C=O) groups is 2. The molecular weight excluding hydrogens is 504 g/mol. The van der Waals surface area contributed by atoms with Crippen molar-refractivity contribution in [2.24, 2.45) is 5.92 Å². The fraction of sp³-hybridized carbons (Fsp3) is 0.212. The van der Waals surface area contributed by atoms with Gasteiger partial charge in [0.2, 0.25) is 5.91 Å². The van der Waals surface area contributed by atoms with Crippen molar-refractivity contribution in [1.82, 2.24) is 0 Å². The molecule has 0 aliphatic carbocycles. The zero-order chi connectivity index (χ0) is 27.6. The van der Waals surface area contributed by atoms with Crippen LogP contribution in [0.2, 0.25) is 0 Å². The van der Waals surface area contributed by atoms with Crippen molar-refractivity contribution in [1.29, 1.82) is 0 Å². The molecule has 202 valence electrons. The molecule has 0 unspecified atom stereocenters. The molecule has 0 N–H and O–H groups in total. The van der Waals surface area contributed by atoms with Crippen LogP contribution in [0.15, 0.2) is 103 Å². The Bertz CT molecular complexity index is 1520. The summed E-state index contributed by atoms with van der Waals surface area (Å²) in [5.74, 6) is -0.215. The SMILES string of the molecule is CCOc1cc([C@H]2[C@H]3C(=O)N(c4cccc(C)c4)C(=O)[C@H]3ON2c2ccccc2)ccc1OCc1ccccc1. The van der Waals surface area contributed by atoms with E-state index in [2.05, 4.69) is 0 Å². The van der Waals surface area contributed by atoms with Crippen LogP contribution in [-0.2, 0) is 21.0 Å². The highest BCUT2D eigenvalue weighted by Crippen LogP contribution is 2.48. The lowest BCUT2D eigenvalue weighted by Crippen LogP contribution is -2.37. The minimum atomic E-state index is -0.942. The Labute approximate surface area is 233 Å². The molecule has 2 aliphatic heterocycles. The van der Waals surface area contributed by atoms with Crippen LogP contribution in [0.4, 0.5) is 11.4 Å².